The second-order valence-electron chi connectivity index (χ2n) is 5.45. The lowest BCUT2D eigenvalue weighted by Crippen LogP contribution is -2.08. The first-order valence-electron chi connectivity index (χ1n) is 7.16. The standard InChI is InChI=1S/C16H16F2N2O/c17-14-6-5-11(9-15(14)18)16(21)10-12-7-8-20(19-12)13-3-1-2-4-13/h5-9,13H,1-4,10H2. The Bertz CT molecular complexity index is 660. The number of benzene rings is 1. The van der Waals surface area contributed by atoms with Crippen LogP contribution in [0.25, 0.3) is 0 Å². The molecule has 2 aromatic rings. The number of carbonyl (C=O) groups excluding carboxylic acids is 1. The Morgan fingerprint density at radius 2 is 1.95 bits per heavy atom. The van der Waals surface area contributed by atoms with Gasteiger partial charge in [-0.1, -0.05) is 12.8 Å². The number of hydrogen-bond acceptors (Lipinski definition) is 2. The van der Waals surface area contributed by atoms with Crippen LogP contribution in [0.1, 0.15) is 47.8 Å². The van der Waals surface area contributed by atoms with E-state index in [1.165, 1.54) is 18.9 Å². The first-order valence-corrected chi connectivity index (χ1v) is 7.16. The van der Waals surface area contributed by atoms with Crippen molar-refractivity contribution in [2.75, 3.05) is 0 Å². The Morgan fingerprint density at radius 3 is 2.67 bits per heavy atom. The summed E-state index contributed by atoms with van der Waals surface area (Å²) in [6, 6.07) is 5.45. The number of Topliss-reactive ketones (excluding diaryl/α,β-unsaturated/α-hetero) is 1. The summed E-state index contributed by atoms with van der Waals surface area (Å²) in [6.07, 6.45) is 6.67. The Balaban J connectivity index is 1.70. The van der Waals surface area contributed by atoms with E-state index in [4.69, 9.17) is 0 Å². The van der Waals surface area contributed by atoms with Gasteiger partial charge in [0.25, 0.3) is 0 Å². The van der Waals surface area contributed by atoms with Crippen LogP contribution in [0.4, 0.5) is 8.78 Å². The lowest BCUT2D eigenvalue weighted by molar-refractivity contribution is 0.0991. The molecule has 1 aromatic carbocycles. The summed E-state index contributed by atoms with van der Waals surface area (Å²) in [5, 5.41) is 4.43. The van der Waals surface area contributed by atoms with Gasteiger partial charge in [0.1, 0.15) is 0 Å². The molecule has 1 fully saturated rings. The Labute approximate surface area is 121 Å². The largest absolute Gasteiger partial charge is 0.294 e. The normalized spacial score (nSPS) is 15.5. The molecule has 21 heavy (non-hydrogen) atoms. The van der Waals surface area contributed by atoms with E-state index in [1.807, 2.05) is 16.9 Å². The fraction of sp³-hybridized carbons (Fsp3) is 0.375. The maximum absolute atomic E-state index is 13.1. The second kappa shape index (κ2) is 5.76. The fourth-order valence-corrected chi connectivity index (χ4v) is 2.78. The van der Waals surface area contributed by atoms with E-state index in [9.17, 15) is 13.6 Å². The minimum atomic E-state index is -1.00. The van der Waals surface area contributed by atoms with Crippen molar-refractivity contribution >= 4 is 5.78 Å². The van der Waals surface area contributed by atoms with Crippen LogP contribution in [-0.2, 0) is 6.42 Å². The number of nitrogens with zero attached hydrogens (tertiary/aromatic N) is 2. The molecule has 3 rings (SSSR count). The quantitative estimate of drug-likeness (QED) is 0.805. The third kappa shape index (κ3) is 3.01. The van der Waals surface area contributed by atoms with Crippen molar-refractivity contribution < 1.29 is 13.6 Å². The van der Waals surface area contributed by atoms with Crippen LogP contribution in [0, 0.1) is 11.6 Å². The molecular weight excluding hydrogens is 274 g/mol. The van der Waals surface area contributed by atoms with Gasteiger partial charge in [0.2, 0.25) is 0 Å². The van der Waals surface area contributed by atoms with Crippen LogP contribution in [0.3, 0.4) is 0 Å². The average Bonchev–Trinajstić information content (AvgIpc) is 3.12. The summed E-state index contributed by atoms with van der Waals surface area (Å²) in [5.41, 5.74) is 0.834. The second-order valence-corrected chi connectivity index (χ2v) is 5.45. The van der Waals surface area contributed by atoms with Crippen LogP contribution in [0.15, 0.2) is 30.5 Å². The zero-order valence-corrected chi connectivity index (χ0v) is 11.6. The minimum absolute atomic E-state index is 0.102. The molecule has 0 saturated heterocycles. The van der Waals surface area contributed by atoms with Gasteiger partial charge in [0.15, 0.2) is 17.4 Å². The van der Waals surface area contributed by atoms with Gasteiger partial charge >= 0.3 is 0 Å². The molecule has 3 nitrogen and oxygen atoms in total. The van der Waals surface area contributed by atoms with E-state index >= 15 is 0 Å². The van der Waals surface area contributed by atoms with E-state index in [-0.39, 0.29) is 17.8 Å². The lowest BCUT2D eigenvalue weighted by atomic mass is 10.1. The summed E-state index contributed by atoms with van der Waals surface area (Å²) < 4.78 is 27.9. The van der Waals surface area contributed by atoms with Crippen molar-refractivity contribution in [1.29, 1.82) is 0 Å². The molecule has 1 saturated carbocycles. The van der Waals surface area contributed by atoms with Crippen LogP contribution in [-0.4, -0.2) is 15.6 Å². The van der Waals surface area contributed by atoms with Gasteiger partial charge in [-0.25, -0.2) is 8.78 Å². The fourth-order valence-electron chi connectivity index (χ4n) is 2.78. The van der Waals surface area contributed by atoms with E-state index in [0.717, 1.165) is 25.0 Å². The third-order valence-electron chi connectivity index (χ3n) is 3.95. The van der Waals surface area contributed by atoms with Gasteiger partial charge in [0.05, 0.1) is 18.2 Å². The van der Waals surface area contributed by atoms with Gasteiger partial charge in [-0.05, 0) is 37.1 Å². The lowest BCUT2D eigenvalue weighted by Gasteiger charge is -2.08. The number of carbonyl (C=O) groups is 1. The monoisotopic (exact) mass is 290 g/mol. The first kappa shape index (κ1) is 13.9. The van der Waals surface area contributed by atoms with Gasteiger partial charge in [-0.2, -0.15) is 5.10 Å². The smallest absolute Gasteiger partial charge is 0.168 e. The van der Waals surface area contributed by atoms with Crippen LogP contribution >= 0.6 is 0 Å². The first-order chi connectivity index (χ1) is 10.1. The van der Waals surface area contributed by atoms with Crippen molar-refractivity contribution in [3.8, 4) is 0 Å². The van der Waals surface area contributed by atoms with Crippen LogP contribution < -0.4 is 0 Å². The summed E-state index contributed by atoms with van der Waals surface area (Å²) in [5.74, 6) is -2.21. The number of rotatable bonds is 4. The summed E-state index contributed by atoms with van der Waals surface area (Å²) in [4.78, 5) is 12.1. The molecular formula is C16H16F2N2O. The molecule has 0 amide bonds. The Kier molecular flexibility index (Phi) is 3.82. The Hall–Kier alpha value is -2.04. The van der Waals surface area contributed by atoms with E-state index < -0.39 is 11.6 Å². The van der Waals surface area contributed by atoms with E-state index in [1.54, 1.807) is 0 Å². The van der Waals surface area contributed by atoms with E-state index in [2.05, 4.69) is 5.10 Å². The maximum Gasteiger partial charge on any atom is 0.168 e. The van der Waals surface area contributed by atoms with Gasteiger partial charge in [0, 0.05) is 11.8 Å². The summed E-state index contributed by atoms with van der Waals surface area (Å²) >= 11 is 0. The zero-order valence-electron chi connectivity index (χ0n) is 11.6. The predicted octanol–water partition coefficient (Wildman–Crippen LogP) is 3.70. The zero-order chi connectivity index (χ0) is 14.8. The highest BCUT2D eigenvalue weighted by molar-refractivity contribution is 5.97. The number of aromatic nitrogens is 2. The SMILES string of the molecule is O=C(Cc1ccn(C2CCCC2)n1)c1ccc(F)c(F)c1. The van der Waals surface area contributed by atoms with Crippen molar-refractivity contribution in [1.82, 2.24) is 9.78 Å². The summed E-state index contributed by atoms with van der Waals surface area (Å²) in [7, 11) is 0. The molecule has 1 aliphatic rings. The van der Waals surface area contributed by atoms with Crippen molar-refractivity contribution in [3.63, 3.8) is 0 Å². The van der Waals surface area contributed by atoms with Crippen LogP contribution in [0.5, 0.6) is 0 Å². The molecule has 0 atom stereocenters. The van der Waals surface area contributed by atoms with Crippen LogP contribution in [0.2, 0.25) is 0 Å². The predicted molar refractivity (Wildman–Crippen MR) is 74.1 cm³/mol. The minimum Gasteiger partial charge on any atom is -0.294 e. The van der Waals surface area contributed by atoms with Crippen molar-refractivity contribution in [3.05, 3.63) is 53.4 Å². The average molecular weight is 290 g/mol. The molecule has 1 aromatic heterocycles. The highest BCUT2D eigenvalue weighted by atomic mass is 19.2. The molecule has 110 valence electrons. The molecule has 1 heterocycles. The van der Waals surface area contributed by atoms with Gasteiger partial charge in [-0.3, -0.25) is 9.48 Å². The number of hydrogen-bond donors (Lipinski definition) is 0. The molecule has 0 aliphatic heterocycles. The molecule has 1 aliphatic carbocycles. The topological polar surface area (TPSA) is 34.9 Å². The molecule has 0 radical (unpaired) electrons. The molecule has 0 unspecified atom stereocenters. The van der Waals surface area contributed by atoms with Gasteiger partial charge < -0.3 is 0 Å². The third-order valence-corrected chi connectivity index (χ3v) is 3.95. The number of halogens is 2. The van der Waals surface area contributed by atoms with Gasteiger partial charge in [-0.15, -0.1) is 0 Å². The molecule has 0 spiro atoms. The number of ketones is 1. The Morgan fingerprint density at radius 1 is 1.19 bits per heavy atom. The van der Waals surface area contributed by atoms with Crippen molar-refractivity contribution in [2.24, 2.45) is 0 Å². The summed E-state index contributed by atoms with van der Waals surface area (Å²) in [6.45, 7) is 0. The van der Waals surface area contributed by atoms with Crippen molar-refractivity contribution in [2.45, 2.75) is 38.1 Å². The highest BCUT2D eigenvalue weighted by Crippen LogP contribution is 2.28. The molecule has 5 heteroatoms. The maximum atomic E-state index is 13.1. The molecule has 0 N–H and O–H groups in total. The molecule has 0 bridgehead atoms. The highest BCUT2D eigenvalue weighted by Gasteiger charge is 2.18. The van der Waals surface area contributed by atoms with E-state index in [0.29, 0.717) is 11.7 Å².